The second-order valence-corrected chi connectivity index (χ2v) is 3.76. The monoisotopic (exact) mass is 246 g/mol. The molecule has 13 heavy (non-hydrogen) atoms. The summed E-state index contributed by atoms with van der Waals surface area (Å²) in [6.07, 6.45) is 0.156. The Hall–Kier alpha value is -0.610. The van der Waals surface area contributed by atoms with Crippen molar-refractivity contribution in [2.45, 2.75) is 6.10 Å². The first-order chi connectivity index (χ1) is 6.25. The van der Waals surface area contributed by atoms with E-state index in [2.05, 4.69) is 15.9 Å². The molecule has 0 radical (unpaired) electrons. The third kappa shape index (κ3) is 2.42. The van der Waals surface area contributed by atoms with Gasteiger partial charge >= 0.3 is 0 Å². The lowest BCUT2D eigenvalue weighted by Gasteiger charge is -2.04. The molecule has 2 nitrogen and oxygen atoms in total. The van der Waals surface area contributed by atoms with Crippen molar-refractivity contribution in [3.05, 3.63) is 28.5 Å². The van der Waals surface area contributed by atoms with Crippen LogP contribution >= 0.6 is 15.9 Å². The summed E-state index contributed by atoms with van der Waals surface area (Å²) < 4.78 is 24.0. The second kappa shape index (κ2) is 3.64. The zero-order chi connectivity index (χ0) is 9.26. The highest BCUT2D eigenvalue weighted by Crippen LogP contribution is 2.22. The standard InChI is InChI=1S/C9H8BrFO2/c10-6-1-2-9(8(11)3-6)13-5-7-4-12-7/h1-3,7H,4-5H2/t7-/m1/s1. The molecule has 0 spiro atoms. The van der Waals surface area contributed by atoms with Gasteiger partial charge < -0.3 is 9.47 Å². The largest absolute Gasteiger partial charge is 0.488 e. The number of benzene rings is 1. The Balaban J connectivity index is 2.01. The van der Waals surface area contributed by atoms with Crippen LogP contribution in [0.25, 0.3) is 0 Å². The number of ether oxygens (including phenoxy) is 2. The number of hydrogen-bond donors (Lipinski definition) is 0. The molecule has 1 aromatic carbocycles. The Bertz CT molecular complexity index is 312. The van der Waals surface area contributed by atoms with Gasteiger partial charge in [0.2, 0.25) is 0 Å². The van der Waals surface area contributed by atoms with Crippen molar-refractivity contribution in [1.29, 1.82) is 0 Å². The SMILES string of the molecule is Fc1cc(Br)ccc1OC[C@H]1CO1. The number of hydrogen-bond acceptors (Lipinski definition) is 2. The van der Waals surface area contributed by atoms with Crippen LogP contribution in [-0.2, 0) is 4.74 Å². The van der Waals surface area contributed by atoms with E-state index in [1.807, 2.05) is 0 Å². The molecule has 0 unspecified atom stereocenters. The third-order valence-electron chi connectivity index (χ3n) is 1.72. The van der Waals surface area contributed by atoms with Gasteiger partial charge in [0.15, 0.2) is 11.6 Å². The van der Waals surface area contributed by atoms with Crippen LogP contribution in [0.3, 0.4) is 0 Å². The summed E-state index contributed by atoms with van der Waals surface area (Å²) in [5, 5.41) is 0. The van der Waals surface area contributed by atoms with Crippen molar-refractivity contribution in [2.75, 3.05) is 13.2 Å². The number of epoxide rings is 1. The topological polar surface area (TPSA) is 21.8 Å². The molecule has 0 aromatic heterocycles. The summed E-state index contributed by atoms with van der Waals surface area (Å²) in [5.41, 5.74) is 0. The van der Waals surface area contributed by atoms with Gasteiger partial charge in [-0.1, -0.05) is 15.9 Å². The maximum atomic E-state index is 13.1. The molecule has 0 aliphatic carbocycles. The van der Waals surface area contributed by atoms with E-state index >= 15 is 0 Å². The lowest BCUT2D eigenvalue weighted by Crippen LogP contribution is -2.05. The van der Waals surface area contributed by atoms with E-state index in [-0.39, 0.29) is 17.7 Å². The molecule has 1 heterocycles. The first kappa shape index (κ1) is 8.97. The zero-order valence-corrected chi connectivity index (χ0v) is 8.38. The molecular weight excluding hydrogens is 239 g/mol. The first-order valence-corrected chi connectivity index (χ1v) is 4.74. The molecule has 1 fully saturated rings. The molecule has 4 heteroatoms. The molecule has 2 rings (SSSR count). The van der Waals surface area contributed by atoms with Gasteiger partial charge in [0.05, 0.1) is 6.61 Å². The van der Waals surface area contributed by atoms with E-state index in [1.54, 1.807) is 12.1 Å². The normalized spacial score (nSPS) is 20.0. The van der Waals surface area contributed by atoms with E-state index in [0.717, 1.165) is 6.61 Å². The second-order valence-electron chi connectivity index (χ2n) is 2.84. The van der Waals surface area contributed by atoms with Crippen molar-refractivity contribution in [3.63, 3.8) is 0 Å². The van der Waals surface area contributed by atoms with Crippen LogP contribution in [0.4, 0.5) is 4.39 Å². The fourth-order valence-corrected chi connectivity index (χ4v) is 1.27. The van der Waals surface area contributed by atoms with Crippen LogP contribution in [0.15, 0.2) is 22.7 Å². The van der Waals surface area contributed by atoms with Gasteiger partial charge in [-0.15, -0.1) is 0 Å². The predicted molar refractivity (Wildman–Crippen MR) is 49.3 cm³/mol. The van der Waals surface area contributed by atoms with Crippen LogP contribution in [-0.4, -0.2) is 19.3 Å². The summed E-state index contributed by atoms with van der Waals surface area (Å²) in [7, 11) is 0. The molecular formula is C9H8BrFO2. The molecule has 0 saturated carbocycles. The highest BCUT2D eigenvalue weighted by molar-refractivity contribution is 9.10. The van der Waals surface area contributed by atoms with Gasteiger partial charge in [0, 0.05) is 4.47 Å². The molecule has 0 amide bonds. The predicted octanol–water partition coefficient (Wildman–Crippen LogP) is 2.37. The number of rotatable bonds is 3. The molecule has 1 aromatic rings. The minimum absolute atomic E-state index is 0.156. The minimum atomic E-state index is -0.352. The van der Waals surface area contributed by atoms with E-state index in [9.17, 15) is 4.39 Å². The summed E-state index contributed by atoms with van der Waals surface area (Å²) in [6.45, 7) is 1.15. The van der Waals surface area contributed by atoms with Gasteiger partial charge in [-0.3, -0.25) is 0 Å². The molecule has 1 aliphatic rings. The molecule has 1 atom stereocenters. The van der Waals surface area contributed by atoms with Crippen molar-refractivity contribution in [1.82, 2.24) is 0 Å². The smallest absolute Gasteiger partial charge is 0.166 e. The molecule has 1 saturated heterocycles. The first-order valence-electron chi connectivity index (χ1n) is 3.95. The summed E-state index contributed by atoms with van der Waals surface area (Å²) in [6, 6.07) is 4.72. The lowest BCUT2D eigenvalue weighted by molar-refractivity contribution is 0.254. The van der Waals surface area contributed by atoms with Crippen molar-refractivity contribution in [3.8, 4) is 5.75 Å². The molecule has 0 bridgehead atoms. The maximum absolute atomic E-state index is 13.1. The van der Waals surface area contributed by atoms with Crippen molar-refractivity contribution < 1.29 is 13.9 Å². The zero-order valence-electron chi connectivity index (χ0n) is 6.80. The van der Waals surface area contributed by atoms with Gasteiger partial charge in [-0.05, 0) is 18.2 Å². The van der Waals surface area contributed by atoms with Crippen LogP contribution in [0.1, 0.15) is 0 Å². The molecule has 70 valence electrons. The van der Waals surface area contributed by atoms with Crippen LogP contribution in [0.2, 0.25) is 0 Å². The van der Waals surface area contributed by atoms with Gasteiger partial charge in [-0.2, -0.15) is 0 Å². The fraction of sp³-hybridized carbons (Fsp3) is 0.333. The van der Waals surface area contributed by atoms with Crippen molar-refractivity contribution >= 4 is 15.9 Å². The molecule has 0 N–H and O–H groups in total. The summed E-state index contributed by atoms with van der Waals surface area (Å²) in [4.78, 5) is 0. The van der Waals surface area contributed by atoms with E-state index in [4.69, 9.17) is 9.47 Å². The van der Waals surface area contributed by atoms with E-state index < -0.39 is 0 Å². The maximum Gasteiger partial charge on any atom is 0.166 e. The quantitative estimate of drug-likeness (QED) is 0.765. The Morgan fingerprint density at radius 2 is 2.38 bits per heavy atom. The average Bonchev–Trinajstić information content (AvgIpc) is 2.86. The van der Waals surface area contributed by atoms with Gasteiger partial charge in [0.1, 0.15) is 12.7 Å². The van der Waals surface area contributed by atoms with E-state index in [0.29, 0.717) is 11.1 Å². The Morgan fingerprint density at radius 1 is 1.62 bits per heavy atom. The van der Waals surface area contributed by atoms with Crippen LogP contribution < -0.4 is 4.74 Å². The van der Waals surface area contributed by atoms with Gasteiger partial charge in [0.25, 0.3) is 0 Å². The fourth-order valence-electron chi connectivity index (χ4n) is 0.939. The number of halogens is 2. The lowest BCUT2D eigenvalue weighted by atomic mass is 10.3. The van der Waals surface area contributed by atoms with Crippen LogP contribution in [0.5, 0.6) is 5.75 Å². The molecule has 1 aliphatic heterocycles. The Morgan fingerprint density at radius 3 is 3.00 bits per heavy atom. The highest BCUT2D eigenvalue weighted by atomic mass is 79.9. The summed E-state index contributed by atoms with van der Waals surface area (Å²) >= 11 is 3.17. The average molecular weight is 247 g/mol. The van der Waals surface area contributed by atoms with E-state index in [1.165, 1.54) is 6.07 Å². The minimum Gasteiger partial charge on any atom is -0.488 e. The van der Waals surface area contributed by atoms with Gasteiger partial charge in [-0.25, -0.2) is 4.39 Å². The Kier molecular flexibility index (Phi) is 2.51. The third-order valence-corrected chi connectivity index (χ3v) is 2.21. The summed E-state index contributed by atoms with van der Waals surface area (Å²) in [5.74, 6) is -0.0753. The van der Waals surface area contributed by atoms with Crippen LogP contribution in [0, 0.1) is 5.82 Å². The highest BCUT2D eigenvalue weighted by Gasteiger charge is 2.23. The Labute approximate surface area is 83.8 Å². The van der Waals surface area contributed by atoms with Crippen molar-refractivity contribution in [2.24, 2.45) is 0 Å².